The number of hydrogen-bond acceptors (Lipinski definition) is 1. The standard InChI is InChI=1S/C29H38OSi2/c1-19-18-24(26(30-5)25(29(2,3)4)27(19)31(6)7)32(8,9)28-22-16-12-10-14-20(22)21-15-11-13-17-23(21)28/h10-18,28,31H,1-9H3. The SMILES string of the molecule is COc1c([Si](C)(C)C2c3ccccc3-c3ccccc32)cc(C)c([SiH](C)C)c1C(C)(C)C. The predicted molar refractivity (Wildman–Crippen MR) is 146 cm³/mol. The number of aryl methyl sites for hydroxylation is 1. The molecule has 0 bridgehead atoms. The second-order valence-electron chi connectivity index (χ2n) is 11.3. The van der Waals surface area contributed by atoms with Gasteiger partial charge in [-0.05, 0) is 45.3 Å². The van der Waals surface area contributed by atoms with E-state index in [0.717, 1.165) is 5.75 Å². The van der Waals surface area contributed by atoms with E-state index in [4.69, 9.17) is 4.74 Å². The van der Waals surface area contributed by atoms with Gasteiger partial charge < -0.3 is 4.74 Å². The lowest BCUT2D eigenvalue weighted by Gasteiger charge is -2.37. The summed E-state index contributed by atoms with van der Waals surface area (Å²) in [5, 5.41) is 3.06. The lowest BCUT2D eigenvalue weighted by Crippen LogP contribution is -2.51. The van der Waals surface area contributed by atoms with E-state index < -0.39 is 16.9 Å². The molecule has 0 spiro atoms. The van der Waals surface area contributed by atoms with Gasteiger partial charge in [0.25, 0.3) is 0 Å². The summed E-state index contributed by atoms with van der Waals surface area (Å²) < 4.78 is 6.33. The molecule has 0 aliphatic heterocycles. The molecule has 0 saturated heterocycles. The van der Waals surface area contributed by atoms with Crippen molar-refractivity contribution in [1.29, 1.82) is 0 Å². The first-order valence-electron chi connectivity index (χ1n) is 11.9. The van der Waals surface area contributed by atoms with Crippen molar-refractivity contribution in [2.45, 2.75) is 64.8 Å². The zero-order valence-electron chi connectivity index (χ0n) is 21.3. The van der Waals surface area contributed by atoms with E-state index in [1.807, 2.05) is 7.11 Å². The van der Waals surface area contributed by atoms with Crippen LogP contribution < -0.4 is 15.1 Å². The van der Waals surface area contributed by atoms with Crippen LogP contribution in [0.2, 0.25) is 26.2 Å². The normalized spacial score (nSPS) is 13.9. The van der Waals surface area contributed by atoms with Gasteiger partial charge in [0, 0.05) is 5.54 Å². The molecule has 32 heavy (non-hydrogen) atoms. The van der Waals surface area contributed by atoms with Crippen LogP contribution in [0.3, 0.4) is 0 Å². The largest absolute Gasteiger partial charge is 0.497 e. The van der Waals surface area contributed by atoms with Gasteiger partial charge in [-0.15, -0.1) is 0 Å². The van der Waals surface area contributed by atoms with Gasteiger partial charge in [0.2, 0.25) is 0 Å². The van der Waals surface area contributed by atoms with E-state index in [1.54, 1.807) is 5.19 Å². The maximum absolute atomic E-state index is 6.33. The molecule has 0 radical (unpaired) electrons. The number of rotatable bonds is 4. The smallest absolute Gasteiger partial charge is 0.121 e. The van der Waals surface area contributed by atoms with Crippen molar-refractivity contribution >= 4 is 27.2 Å². The van der Waals surface area contributed by atoms with Gasteiger partial charge >= 0.3 is 0 Å². The lowest BCUT2D eigenvalue weighted by atomic mass is 9.85. The van der Waals surface area contributed by atoms with E-state index >= 15 is 0 Å². The summed E-state index contributed by atoms with van der Waals surface area (Å²) in [5.41, 5.74) is 9.20. The molecule has 1 aliphatic carbocycles. The van der Waals surface area contributed by atoms with Crippen LogP contribution >= 0.6 is 0 Å². The predicted octanol–water partition coefficient (Wildman–Crippen LogP) is 6.26. The Morgan fingerprint density at radius 3 is 1.81 bits per heavy atom. The molecule has 0 unspecified atom stereocenters. The van der Waals surface area contributed by atoms with Crippen LogP contribution in [0.25, 0.3) is 11.1 Å². The summed E-state index contributed by atoms with van der Waals surface area (Å²) >= 11 is 0. The van der Waals surface area contributed by atoms with Gasteiger partial charge in [0.05, 0.1) is 24.0 Å². The molecule has 4 rings (SSSR count). The Labute approximate surface area is 197 Å². The number of fused-ring (bicyclic) bond motifs is 3. The van der Waals surface area contributed by atoms with Crippen molar-refractivity contribution in [3.63, 3.8) is 0 Å². The molecule has 3 heteroatoms. The van der Waals surface area contributed by atoms with Gasteiger partial charge in [-0.3, -0.25) is 0 Å². The molecular weight excluding hydrogens is 420 g/mol. The first-order chi connectivity index (χ1) is 15.0. The first-order valence-corrected chi connectivity index (χ1v) is 17.9. The second-order valence-corrected chi connectivity index (χ2v) is 18.7. The molecule has 0 heterocycles. The van der Waals surface area contributed by atoms with Crippen LogP contribution in [0.5, 0.6) is 5.75 Å². The number of benzene rings is 3. The summed E-state index contributed by atoms with van der Waals surface area (Å²) in [7, 11) is -1.16. The maximum Gasteiger partial charge on any atom is 0.121 e. The minimum atomic E-state index is -2.02. The van der Waals surface area contributed by atoms with Crippen molar-refractivity contribution in [3.05, 3.63) is 76.9 Å². The average Bonchev–Trinajstić information content (AvgIpc) is 3.07. The fourth-order valence-electron chi connectivity index (χ4n) is 6.08. The third-order valence-electron chi connectivity index (χ3n) is 7.31. The Kier molecular flexibility index (Phi) is 5.79. The van der Waals surface area contributed by atoms with Gasteiger partial charge in [-0.25, -0.2) is 0 Å². The summed E-state index contributed by atoms with van der Waals surface area (Å²) in [5.74, 6) is 1.16. The third-order valence-corrected chi connectivity index (χ3v) is 13.0. The summed E-state index contributed by atoms with van der Waals surface area (Å²) in [4.78, 5) is 0. The molecule has 0 N–H and O–H groups in total. The van der Waals surface area contributed by atoms with Crippen molar-refractivity contribution in [1.82, 2.24) is 0 Å². The van der Waals surface area contributed by atoms with Crippen LogP contribution in [0.15, 0.2) is 54.6 Å². The molecular formula is C29H38OSi2. The third kappa shape index (κ3) is 3.50. The Hall–Kier alpha value is -2.11. The molecule has 0 atom stereocenters. The highest BCUT2D eigenvalue weighted by molar-refractivity contribution is 6.92. The molecule has 0 amide bonds. The zero-order valence-corrected chi connectivity index (χ0v) is 23.4. The Morgan fingerprint density at radius 1 is 0.875 bits per heavy atom. The van der Waals surface area contributed by atoms with Crippen LogP contribution in [-0.4, -0.2) is 24.0 Å². The number of ether oxygens (including phenoxy) is 1. The molecule has 3 aromatic carbocycles. The molecule has 0 aromatic heterocycles. The van der Waals surface area contributed by atoms with Crippen LogP contribution in [0.1, 0.15) is 48.6 Å². The minimum absolute atomic E-state index is 0.0503. The van der Waals surface area contributed by atoms with Gasteiger partial charge in [0.1, 0.15) is 5.75 Å². The van der Waals surface area contributed by atoms with Crippen molar-refractivity contribution < 1.29 is 4.74 Å². The first kappa shape index (κ1) is 23.1. The van der Waals surface area contributed by atoms with Gasteiger partial charge in [0.15, 0.2) is 0 Å². The Balaban J connectivity index is 2.03. The lowest BCUT2D eigenvalue weighted by molar-refractivity contribution is 0.401. The van der Waals surface area contributed by atoms with Crippen molar-refractivity contribution in [2.75, 3.05) is 7.11 Å². The number of methoxy groups -OCH3 is 1. The average molecular weight is 459 g/mol. The van der Waals surface area contributed by atoms with Crippen LogP contribution in [-0.2, 0) is 5.41 Å². The van der Waals surface area contributed by atoms with Crippen LogP contribution in [0, 0.1) is 6.92 Å². The van der Waals surface area contributed by atoms with E-state index in [1.165, 1.54) is 38.6 Å². The maximum atomic E-state index is 6.33. The van der Waals surface area contributed by atoms with E-state index in [2.05, 4.69) is 108 Å². The molecule has 3 aromatic rings. The Bertz CT molecular complexity index is 1120. The quantitative estimate of drug-likeness (QED) is 0.419. The van der Waals surface area contributed by atoms with E-state index in [0.29, 0.717) is 5.54 Å². The summed E-state index contributed by atoms with van der Waals surface area (Å²) in [6, 6.07) is 20.6. The van der Waals surface area contributed by atoms with Gasteiger partial charge in [-0.1, -0.05) is 112 Å². The van der Waals surface area contributed by atoms with Gasteiger partial charge in [-0.2, -0.15) is 0 Å². The van der Waals surface area contributed by atoms with Crippen molar-refractivity contribution in [2.24, 2.45) is 0 Å². The summed E-state index contributed by atoms with van der Waals surface area (Å²) in [6.07, 6.45) is 0. The molecule has 1 aliphatic rings. The van der Waals surface area contributed by atoms with Crippen molar-refractivity contribution in [3.8, 4) is 16.9 Å². The molecule has 168 valence electrons. The monoisotopic (exact) mass is 458 g/mol. The number of hydrogen-bond donors (Lipinski definition) is 0. The zero-order chi connectivity index (χ0) is 23.4. The highest BCUT2D eigenvalue weighted by Crippen LogP contribution is 2.49. The fourth-order valence-corrected chi connectivity index (χ4v) is 12.0. The topological polar surface area (TPSA) is 9.23 Å². The van der Waals surface area contributed by atoms with Crippen LogP contribution in [0.4, 0.5) is 0 Å². The summed E-state index contributed by atoms with van der Waals surface area (Å²) in [6.45, 7) is 19.4. The molecule has 1 nitrogen and oxygen atoms in total. The fraction of sp³-hybridized carbons (Fsp3) is 0.379. The second kappa shape index (κ2) is 8.04. The molecule has 0 saturated carbocycles. The Morgan fingerprint density at radius 2 is 1.38 bits per heavy atom. The molecule has 0 fully saturated rings. The van der Waals surface area contributed by atoms with E-state index in [9.17, 15) is 0 Å². The highest BCUT2D eigenvalue weighted by atomic mass is 28.3. The van der Waals surface area contributed by atoms with E-state index in [-0.39, 0.29) is 5.41 Å². The minimum Gasteiger partial charge on any atom is -0.497 e. The highest BCUT2D eigenvalue weighted by Gasteiger charge is 2.44.